The van der Waals surface area contributed by atoms with Gasteiger partial charge in [0.25, 0.3) is 0 Å². The molecule has 2 atom stereocenters. The Labute approximate surface area is 149 Å². The van der Waals surface area contributed by atoms with Gasteiger partial charge < -0.3 is 15.7 Å². The fraction of sp³-hybridized carbons (Fsp3) is 0.632. The Balaban J connectivity index is 0.00000169. The van der Waals surface area contributed by atoms with E-state index in [0.29, 0.717) is 30.3 Å². The SMILES string of the molecule is Cl.NC1C2CCCC1CC(C(=O)N1CCc3ccc(O)cc3C1)C2. The summed E-state index contributed by atoms with van der Waals surface area (Å²) in [6.07, 6.45) is 6.50. The number of fused-ring (bicyclic) bond motifs is 3. The highest BCUT2D eigenvalue weighted by atomic mass is 35.5. The lowest BCUT2D eigenvalue weighted by Crippen LogP contribution is -2.50. The van der Waals surface area contributed by atoms with Crippen molar-refractivity contribution in [3.05, 3.63) is 29.3 Å². The van der Waals surface area contributed by atoms with Crippen LogP contribution in [0.4, 0.5) is 0 Å². The van der Waals surface area contributed by atoms with Gasteiger partial charge in [0, 0.05) is 25.0 Å². The molecule has 2 bridgehead atoms. The summed E-state index contributed by atoms with van der Waals surface area (Å²) in [4.78, 5) is 15.0. The van der Waals surface area contributed by atoms with Gasteiger partial charge in [-0.05, 0) is 67.2 Å². The Kier molecular flexibility index (Phi) is 5.07. The lowest BCUT2D eigenvalue weighted by Gasteiger charge is -2.45. The highest BCUT2D eigenvalue weighted by Crippen LogP contribution is 2.42. The zero-order chi connectivity index (χ0) is 16.0. The number of halogens is 1. The molecule has 0 aromatic heterocycles. The van der Waals surface area contributed by atoms with Crippen molar-refractivity contribution in [1.29, 1.82) is 0 Å². The van der Waals surface area contributed by atoms with Crippen LogP contribution in [0.2, 0.25) is 0 Å². The third kappa shape index (κ3) is 3.14. The molecule has 4 rings (SSSR count). The molecule has 1 amide bonds. The van der Waals surface area contributed by atoms with E-state index < -0.39 is 0 Å². The molecule has 2 aliphatic carbocycles. The third-order valence-corrected chi connectivity index (χ3v) is 6.28. The molecule has 3 aliphatic rings. The predicted octanol–water partition coefficient (Wildman–Crippen LogP) is 2.85. The maximum absolute atomic E-state index is 13.0. The monoisotopic (exact) mass is 350 g/mol. The van der Waals surface area contributed by atoms with Crippen molar-refractivity contribution in [2.24, 2.45) is 23.5 Å². The van der Waals surface area contributed by atoms with Crippen LogP contribution in [0.3, 0.4) is 0 Å². The first-order valence-electron chi connectivity index (χ1n) is 8.97. The number of nitrogens with two attached hydrogens (primary N) is 1. The van der Waals surface area contributed by atoms with Crippen LogP contribution in [0.25, 0.3) is 0 Å². The molecule has 0 saturated heterocycles. The smallest absolute Gasteiger partial charge is 0.226 e. The Hall–Kier alpha value is -1.26. The number of rotatable bonds is 1. The summed E-state index contributed by atoms with van der Waals surface area (Å²) in [5.74, 6) is 1.83. The minimum atomic E-state index is 0. The first kappa shape index (κ1) is 17.6. The second-order valence-corrected chi connectivity index (χ2v) is 7.66. The highest BCUT2D eigenvalue weighted by molar-refractivity contribution is 5.85. The molecule has 2 fully saturated rings. The number of carbonyl (C=O) groups is 1. The van der Waals surface area contributed by atoms with Gasteiger partial charge in [0.15, 0.2) is 0 Å². The molecule has 1 heterocycles. The van der Waals surface area contributed by atoms with Crippen molar-refractivity contribution in [1.82, 2.24) is 4.90 Å². The maximum atomic E-state index is 13.0. The number of amides is 1. The molecule has 0 radical (unpaired) electrons. The van der Waals surface area contributed by atoms with Crippen LogP contribution in [0.15, 0.2) is 18.2 Å². The van der Waals surface area contributed by atoms with Gasteiger partial charge in [0.2, 0.25) is 5.91 Å². The van der Waals surface area contributed by atoms with E-state index in [1.165, 1.54) is 24.8 Å². The molecule has 0 spiro atoms. The van der Waals surface area contributed by atoms with Gasteiger partial charge in [-0.25, -0.2) is 0 Å². The van der Waals surface area contributed by atoms with Crippen molar-refractivity contribution in [2.45, 2.75) is 51.1 Å². The lowest BCUT2D eigenvalue weighted by atomic mass is 9.65. The summed E-state index contributed by atoms with van der Waals surface area (Å²) in [6, 6.07) is 5.84. The van der Waals surface area contributed by atoms with Crippen LogP contribution in [-0.2, 0) is 17.8 Å². The number of nitrogens with zero attached hydrogens (tertiary/aromatic N) is 1. The number of aromatic hydroxyl groups is 1. The quantitative estimate of drug-likeness (QED) is 0.818. The van der Waals surface area contributed by atoms with Crippen LogP contribution in [0.1, 0.15) is 43.2 Å². The summed E-state index contributed by atoms with van der Waals surface area (Å²) in [6.45, 7) is 1.44. The first-order chi connectivity index (χ1) is 11.1. The second kappa shape index (κ2) is 6.93. The predicted molar refractivity (Wildman–Crippen MR) is 96.0 cm³/mol. The molecular formula is C19H27ClN2O2. The Morgan fingerprint density at radius 1 is 1.17 bits per heavy atom. The summed E-state index contributed by atoms with van der Waals surface area (Å²) in [5, 5.41) is 9.68. The van der Waals surface area contributed by atoms with Crippen LogP contribution < -0.4 is 5.73 Å². The molecule has 3 N–H and O–H groups in total. The minimum absolute atomic E-state index is 0. The van der Waals surface area contributed by atoms with Crippen LogP contribution >= 0.6 is 12.4 Å². The highest BCUT2D eigenvalue weighted by Gasteiger charge is 2.41. The fourth-order valence-corrected chi connectivity index (χ4v) is 4.98. The van der Waals surface area contributed by atoms with Gasteiger partial charge in [0.05, 0.1) is 0 Å². The van der Waals surface area contributed by atoms with Crippen molar-refractivity contribution in [2.75, 3.05) is 6.54 Å². The lowest BCUT2D eigenvalue weighted by molar-refractivity contribution is -0.139. The van der Waals surface area contributed by atoms with Gasteiger partial charge in [-0.2, -0.15) is 0 Å². The zero-order valence-electron chi connectivity index (χ0n) is 14.0. The first-order valence-corrected chi connectivity index (χ1v) is 8.97. The van der Waals surface area contributed by atoms with E-state index in [9.17, 15) is 9.90 Å². The van der Waals surface area contributed by atoms with Gasteiger partial charge >= 0.3 is 0 Å². The van der Waals surface area contributed by atoms with Crippen molar-refractivity contribution in [3.8, 4) is 5.75 Å². The fourth-order valence-electron chi connectivity index (χ4n) is 4.98. The van der Waals surface area contributed by atoms with E-state index in [1.807, 2.05) is 11.0 Å². The summed E-state index contributed by atoms with van der Waals surface area (Å²) < 4.78 is 0. The van der Waals surface area contributed by atoms with E-state index in [-0.39, 0.29) is 24.1 Å². The molecule has 2 saturated carbocycles. The molecule has 1 aromatic rings. The average molecular weight is 351 g/mol. The molecule has 5 heteroatoms. The standard InChI is InChI=1S/C19H26N2O2.ClH/c20-18-13-2-1-3-14(18)9-15(8-13)19(23)21-7-6-12-4-5-17(22)10-16(12)11-21;/h4-5,10,13-15,18,22H,1-3,6-9,11,20H2;1H. The molecule has 132 valence electrons. The van der Waals surface area contributed by atoms with Gasteiger partial charge in [-0.1, -0.05) is 12.5 Å². The van der Waals surface area contributed by atoms with E-state index in [2.05, 4.69) is 0 Å². The number of hydrogen-bond acceptors (Lipinski definition) is 3. The van der Waals surface area contributed by atoms with E-state index in [1.54, 1.807) is 12.1 Å². The molecular weight excluding hydrogens is 324 g/mol. The Morgan fingerprint density at radius 3 is 2.58 bits per heavy atom. The molecule has 24 heavy (non-hydrogen) atoms. The average Bonchev–Trinajstić information content (AvgIpc) is 2.53. The zero-order valence-corrected chi connectivity index (χ0v) is 14.8. The number of benzene rings is 1. The summed E-state index contributed by atoms with van der Waals surface area (Å²) in [5.41, 5.74) is 8.71. The van der Waals surface area contributed by atoms with E-state index in [0.717, 1.165) is 31.4 Å². The number of phenolic OH excluding ortho intramolecular Hbond substituents is 1. The minimum Gasteiger partial charge on any atom is -0.508 e. The number of carbonyl (C=O) groups excluding carboxylic acids is 1. The summed E-state index contributed by atoms with van der Waals surface area (Å²) >= 11 is 0. The molecule has 1 aliphatic heterocycles. The van der Waals surface area contributed by atoms with Crippen molar-refractivity contribution < 1.29 is 9.90 Å². The Morgan fingerprint density at radius 2 is 1.88 bits per heavy atom. The van der Waals surface area contributed by atoms with Crippen LogP contribution in [-0.4, -0.2) is 28.5 Å². The maximum Gasteiger partial charge on any atom is 0.226 e. The molecule has 4 nitrogen and oxygen atoms in total. The number of phenols is 1. The molecule has 1 aromatic carbocycles. The van der Waals surface area contributed by atoms with Gasteiger partial charge in [-0.3, -0.25) is 4.79 Å². The largest absolute Gasteiger partial charge is 0.508 e. The normalized spacial score (nSPS) is 31.8. The topological polar surface area (TPSA) is 66.6 Å². The second-order valence-electron chi connectivity index (χ2n) is 7.66. The Bertz CT molecular complexity index is 607. The molecule has 2 unspecified atom stereocenters. The van der Waals surface area contributed by atoms with Gasteiger partial charge in [-0.15, -0.1) is 12.4 Å². The van der Waals surface area contributed by atoms with E-state index in [4.69, 9.17) is 5.73 Å². The summed E-state index contributed by atoms with van der Waals surface area (Å²) in [7, 11) is 0. The number of hydrogen-bond donors (Lipinski definition) is 2. The van der Waals surface area contributed by atoms with Crippen molar-refractivity contribution >= 4 is 18.3 Å². The van der Waals surface area contributed by atoms with Crippen LogP contribution in [0, 0.1) is 17.8 Å². The van der Waals surface area contributed by atoms with E-state index >= 15 is 0 Å². The third-order valence-electron chi connectivity index (χ3n) is 6.28. The van der Waals surface area contributed by atoms with Crippen LogP contribution in [0.5, 0.6) is 5.75 Å². The van der Waals surface area contributed by atoms with Crippen molar-refractivity contribution in [3.63, 3.8) is 0 Å². The van der Waals surface area contributed by atoms with Gasteiger partial charge in [0.1, 0.15) is 5.75 Å².